The Labute approximate surface area is 80.1 Å². The average molecular weight is 166 g/mol. The zero-order valence-electron chi connectivity index (χ0n) is 14.3. The number of ether oxygens (including phenoxy) is 2. The SMILES string of the molecule is [2H]C([2H])C([2H])([2H])C([2H])([2H])C([2H])([2H])OC1CCCCO1. The van der Waals surface area contributed by atoms with E-state index in [1.165, 1.54) is 0 Å². The van der Waals surface area contributed by atoms with Gasteiger partial charge in [0.25, 0.3) is 0 Å². The number of hydrogen-bond acceptors (Lipinski definition) is 2. The van der Waals surface area contributed by atoms with Gasteiger partial charge in [-0.15, -0.1) is 0 Å². The molecule has 2 heteroatoms. The highest BCUT2D eigenvalue weighted by Gasteiger charge is 2.12. The second-order valence-corrected chi connectivity index (χ2v) is 2.29. The molecule has 11 heavy (non-hydrogen) atoms. The lowest BCUT2D eigenvalue weighted by atomic mass is 10.2. The van der Waals surface area contributed by atoms with Crippen LogP contribution in [0.4, 0.5) is 0 Å². The van der Waals surface area contributed by atoms with Crippen LogP contribution in [0.15, 0.2) is 0 Å². The lowest BCUT2D eigenvalue weighted by molar-refractivity contribution is -0.162. The van der Waals surface area contributed by atoms with Crippen LogP contribution in [0.2, 0.25) is 0 Å². The van der Waals surface area contributed by atoms with Crippen LogP contribution in [0.1, 0.15) is 49.9 Å². The summed E-state index contributed by atoms with van der Waals surface area (Å²) in [6.07, 6.45) is -5.09. The Balaban J connectivity index is 2.84. The van der Waals surface area contributed by atoms with Crippen LogP contribution in [-0.4, -0.2) is 19.5 Å². The van der Waals surface area contributed by atoms with Gasteiger partial charge in [-0.3, -0.25) is 0 Å². The maximum absolute atomic E-state index is 7.60. The molecule has 0 aromatic carbocycles. The molecule has 1 atom stereocenters. The van der Waals surface area contributed by atoms with Crippen molar-refractivity contribution in [2.45, 2.75) is 45.2 Å². The summed E-state index contributed by atoms with van der Waals surface area (Å²) in [6, 6.07) is 0. The van der Waals surface area contributed by atoms with Crippen molar-refractivity contribution in [1.29, 1.82) is 0 Å². The summed E-state index contributed by atoms with van der Waals surface area (Å²) >= 11 is 0. The minimum atomic E-state index is -3.14. The molecule has 0 radical (unpaired) electrons. The maximum atomic E-state index is 7.60. The van der Waals surface area contributed by atoms with Crippen LogP contribution in [0.25, 0.3) is 0 Å². The predicted molar refractivity (Wildman–Crippen MR) is 44.5 cm³/mol. The number of hydrogen-bond donors (Lipinski definition) is 0. The van der Waals surface area contributed by atoms with Gasteiger partial charge in [-0.05, 0) is 25.6 Å². The average Bonchev–Trinajstić information content (AvgIpc) is 2.28. The molecule has 0 N–H and O–H groups in total. The van der Waals surface area contributed by atoms with Crippen molar-refractivity contribution in [3.63, 3.8) is 0 Å². The largest absolute Gasteiger partial charge is 0.353 e. The number of rotatable bonds is 4. The minimum absolute atomic E-state index is 0.385. The van der Waals surface area contributed by atoms with Crippen LogP contribution in [-0.2, 0) is 9.47 Å². The zero-order chi connectivity index (χ0) is 14.9. The Morgan fingerprint density at radius 1 is 1.73 bits per heavy atom. The monoisotopic (exact) mass is 166 g/mol. The molecular formula is C9H18O2. The van der Waals surface area contributed by atoms with Crippen molar-refractivity contribution in [3.05, 3.63) is 0 Å². The topological polar surface area (TPSA) is 18.5 Å². The van der Waals surface area contributed by atoms with Gasteiger partial charge in [0.2, 0.25) is 0 Å². The lowest BCUT2D eigenvalue weighted by Crippen LogP contribution is -2.22. The Hall–Kier alpha value is -0.0800. The molecule has 1 saturated heterocycles. The summed E-state index contributed by atoms with van der Waals surface area (Å²) in [6.45, 7) is -4.77. The van der Waals surface area contributed by atoms with Gasteiger partial charge in [0, 0.05) is 21.4 Å². The summed E-state index contributed by atoms with van der Waals surface area (Å²) in [4.78, 5) is 0. The molecule has 0 aliphatic carbocycles. The Morgan fingerprint density at radius 3 is 3.45 bits per heavy atom. The van der Waals surface area contributed by atoms with Gasteiger partial charge in [-0.1, -0.05) is 13.2 Å². The van der Waals surface area contributed by atoms with E-state index in [0.29, 0.717) is 13.0 Å². The highest BCUT2D eigenvalue weighted by molar-refractivity contribution is 4.53. The van der Waals surface area contributed by atoms with Crippen molar-refractivity contribution >= 4 is 0 Å². The van der Waals surface area contributed by atoms with Gasteiger partial charge in [0.15, 0.2) is 6.29 Å². The third-order valence-corrected chi connectivity index (χ3v) is 1.45. The quantitative estimate of drug-likeness (QED) is 0.638. The molecule has 66 valence electrons. The summed E-state index contributed by atoms with van der Waals surface area (Å²) < 4.78 is 69.3. The minimum Gasteiger partial charge on any atom is -0.353 e. The van der Waals surface area contributed by atoms with E-state index in [1.54, 1.807) is 0 Å². The summed E-state index contributed by atoms with van der Waals surface area (Å²) in [5.41, 5.74) is 0. The molecule has 2 nitrogen and oxygen atoms in total. The molecule has 0 amide bonds. The standard InChI is InChI=1S/C9H18O2/c1-2-3-7-10-9-6-4-5-8-11-9/h9H,2-8H2,1H3/i1D2,2D2,3D2,7D2. The van der Waals surface area contributed by atoms with Crippen LogP contribution in [0.3, 0.4) is 0 Å². The van der Waals surface area contributed by atoms with Gasteiger partial charge in [-0.2, -0.15) is 0 Å². The van der Waals surface area contributed by atoms with E-state index in [0.717, 1.165) is 12.8 Å². The molecule has 1 rings (SSSR count). The fraction of sp³-hybridized carbons (Fsp3) is 1.00. The second-order valence-electron chi connectivity index (χ2n) is 2.29. The fourth-order valence-corrected chi connectivity index (χ4v) is 0.929. The van der Waals surface area contributed by atoms with Crippen molar-refractivity contribution in [2.24, 2.45) is 0 Å². The predicted octanol–water partition coefficient (Wildman–Crippen LogP) is 2.33. The Kier molecular flexibility index (Phi) is 1.52. The van der Waals surface area contributed by atoms with E-state index in [1.807, 2.05) is 0 Å². The molecule has 1 fully saturated rings. The van der Waals surface area contributed by atoms with Gasteiger partial charge >= 0.3 is 0 Å². The van der Waals surface area contributed by atoms with E-state index in [2.05, 4.69) is 0 Å². The second kappa shape index (κ2) is 5.56. The van der Waals surface area contributed by atoms with E-state index in [-0.39, 0.29) is 0 Å². The van der Waals surface area contributed by atoms with E-state index in [9.17, 15) is 0 Å². The van der Waals surface area contributed by atoms with Gasteiger partial charge < -0.3 is 9.47 Å². The third kappa shape index (κ3) is 3.73. The van der Waals surface area contributed by atoms with E-state index < -0.39 is 32.5 Å². The van der Waals surface area contributed by atoms with Crippen molar-refractivity contribution in [3.8, 4) is 0 Å². The summed E-state index contributed by atoms with van der Waals surface area (Å²) in [5.74, 6) is 0. The van der Waals surface area contributed by atoms with Gasteiger partial charge in [0.1, 0.15) is 0 Å². The molecule has 1 aliphatic rings. The Morgan fingerprint density at radius 2 is 2.73 bits per heavy atom. The molecule has 0 saturated carbocycles. The summed E-state index contributed by atoms with van der Waals surface area (Å²) in [7, 11) is 0. The van der Waals surface area contributed by atoms with Crippen LogP contribution < -0.4 is 0 Å². The lowest BCUT2D eigenvalue weighted by Gasteiger charge is -2.22. The maximum Gasteiger partial charge on any atom is 0.157 e. The fourth-order valence-electron chi connectivity index (χ4n) is 0.929. The van der Waals surface area contributed by atoms with Crippen LogP contribution >= 0.6 is 0 Å². The smallest absolute Gasteiger partial charge is 0.157 e. The van der Waals surface area contributed by atoms with E-state index in [4.69, 9.17) is 20.4 Å². The third-order valence-electron chi connectivity index (χ3n) is 1.45. The van der Waals surface area contributed by atoms with Crippen LogP contribution in [0, 0.1) is 0 Å². The first-order chi connectivity index (χ1) is 8.52. The first-order valence-electron chi connectivity index (χ1n) is 7.82. The molecule has 0 bridgehead atoms. The first kappa shape index (κ1) is 3.00. The highest BCUT2D eigenvalue weighted by Crippen LogP contribution is 2.13. The van der Waals surface area contributed by atoms with E-state index >= 15 is 0 Å². The molecule has 1 heterocycles. The van der Waals surface area contributed by atoms with Crippen molar-refractivity contribution < 1.29 is 20.4 Å². The normalized spacial score (nSPS) is 40.3. The van der Waals surface area contributed by atoms with Crippen molar-refractivity contribution in [1.82, 2.24) is 0 Å². The molecule has 1 unspecified atom stereocenters. The Bertz CT molecular complexity index is 301. The molecule has 1 aliphatic heterocycles. The summed E-state index contributed by atoms with van der Waals surface area (Å²) in [5, 5.41) is 0. The zero-order valence-corrected chi connectivity index (χ0v) is 6.30. The van der Waals surface area contributed by atoms with Gasteiger partial charge in [0.05, 0.1) is 2.74 Å². The molecule has 0 aromatic heterocycles. The van der Waals surface area contributed by atoms with Crippen molar-refractivity contribution in [2.75, 3.05) is 13.2 Å². The highest BCUT2D eigenvalue weighted by atomic mass is 16.7. The van der Waals surface area contributed by atoms with Gasteiger partial charge in [-0.25, -0.2) is 0 Å². The molecule has 0 aromatic rings. The van der Waals surface area contributed by atoms with Crippen LogP contribution in [0.5, 0.6) is 0 Å². The first-order valence-corrected chi connectivity index (χ1v) is 3.66. The molecular weight excluding hydrogens is 140 g/mol. The molecule has 0 spiro atoms.